The predicted octanol–water partition coefficient (Wildman–Crippen LogP) is 3.27. The molecule has 3 heterocycles. The Morgan fingerprint density at radius 2 is 1.74 bits per heavy atom. The Labute approximate surface area is 163 Å². The van der Waals surface area contributed by atoms with Crippen LogP contribution in [0.3, 0.4) is 0 Å². The second-order valence-corrected chi connectivity index (χ2v) is 9.80. The summed E-state index contributed by atoms with van der Waals surface area (Å²) in [6.45, 7) is 16.8. The van der Waals surface area contributed by atoms with E-state index in [9.17, 15) is 0 Å². The molecule has 0 bridgehead atoms. The van der Waals surface area contributed by atoms with Crippen molar-refractivity contribution in [2.45, 2.75) is 78.2 Å². The minimum Gasteiger partial charge on any atom is -0.315 e. The Morgan fingerprint density at radius 1 is 0.926 bits per heavy atom. The van der Waals surface area contributed by atoms with Gasteiger partial charge in [0.15, 0.2) is 0 Å². The Hall–Kier alpha value is -1.72. The van der Waals surface area contributed by atoms with E-state index in [4.69, 9.17) is 0 Å². The van der Waals surface area contributed by atoms with Crippen molar-refractivity contribution in [3.8, 4) is 0 Å². The van der Waals surface area contributed by atoms with Gasteiger partial charge in [-0.15, -0.1) is 10.2 Å². The van der Waals surface area contributed by atoms with Crippen LogP contribution in [0.2, 0.25) is 0 Å². The van der Waals surface area contributed by atoms with Crippen molar-refractivity contribution < 1.29 is 0 Å². The van der Waals surface area contributed by atoms with Crippen LogP contribution in [0.4, 0.5) is 0 Å². The number of nitrogens with zero attached hydrogens (tertiary/aromatic N) is 5. The highest BCUT2D eigenvalue weighted by atomic mass is 15.3. The van der Waals surface area contributed by atoms with Gasteiger partial charge in [0, 0.05) is 37.3 Å². The van der Waals surface area contributed by atoms with Gasteiger partial charge in [-0.25, -0.2) is 0 Å². The van der Waals surface area contributed by atoms with Crippen LogP contribution in [-0.2, 0) is 32.5 Å². The lowest BCUT2D eigenvalue weighted by molar-refractivity contribution is 0.0854. The summed E-state index contributed by atoms with van der Waals surface area (Å²) in [5, 5.41) is 8.34. The monoisotopic (exact) mass is 367 g/mol. The highest BCUT2D eigenvalue weighted by Gasteiger charge is 2.31. The van der Waals surface area contributed by atoms with Crippen molar-refractivity contribution in [1.29, 1.82) is 0 Å². The van der Waals surface area contributed by atoms with Gasteiger partial charge in [0.1, 0.15) is 12.2 Å². The van der Waals surface area contributed by atoms with E-state index in [2.05, 4.69) is 77.4 Å². The maximum absolute atomic E-state index is 4.28. The normalized spacial score (nSPS) is 19.0. The van der Waals surface area contributed by atoms with Crippen LogP contribution in [0.25, 0.3) is 0 Å². The van der Waals surface area contributed by atoms with Crippen molar-refractivity contribution in [3.05, 3.63) is 47.0 Å². The first kappa shape index (κ1) is 18.6. The quantitative estimate of drug-likeness (QED) is 0.834. The minimum atomic E-state index is 0.101. The van der Waals surface area contributed by atoms with Gasteiger partial charge in [0.2, 0.25) is 0 Å². The van der Waals surface area contributed by atoms with Crippen molar-refractivity contribution >= 4 is 0 Å². The predicted molar refractivity (Wildman–Crippen MR) is 109 cm³/mol. The standard InChI is InChI=1S/C22H33N5/c1-21(2,3)26-9-8-18-7-6-17(12-19(18)14-26)13-22(4,5)27-11-10-25-16-23-24-20(25)15-27/h6-7,12,16H,8-11,13-15H2,1-5H3. The molecule has 2 aliphatic rings. The Bertz CT molecular complexity index is 814. The molecule has 2 aliphatic heterocycles. The van der Waals surface area contributed by atoms with E-state index in [1.165, 1.54) is 16.7 Å². The zero-order valence-electron chi connectivity index (χ0n) is 17.5. The van der Waals surface area contributed by atoms with Crippen LogP contribution in [0.1, 0.15) is 57.1 Å². The molecule has 2 aromatic rings. The molecule has 5 heteroatoms. The third-order valence-electron chi connectivity index (χ3n) is 6.36. The summed E-state index contributed by atoms with van der Waals surface area (Å²) in [6, 6.07) is 7.18. The topological polar surface area (TPSA) is 37.2 Å². The van der Waals surface area contributed by atoms with Gasteiger partial charge >= 0.3 is 0 Å². The Kier molecular flexibility index (Phi) is 4.63. The smallest absolute Gasteiger partial charge is 0.147 e. The number of hydrogen-bond donors (Lipinski definition) is 0. The molecule has 146 valence electrons. The van der Waals surface area contributed by atoms with Crippen LogP contribution in [0.15, 0.2) is 24.5 Å². The SMILES string of the molecule is CC(C)(C)N1CCc2ccc(CC(C)(C)N3CCn4cnnc4C3)cc2C1. The zero-order chi connectivity index (χ0) is 19.2. The highest BCUT2D eigenvalue weighted by Crippen LogP contribution is 2.29. The molecule has 0 saturated heterocycles. The van der Waals surface area contributed by atoms with Gasteiger partial charge in [-0.2, -0.15) is 0 Å². The average molecular weight is 368 g/mol. The molecule has 0 fully saturated rings. The first-order chi connectivity index (χ1) is 12.7. The van der Waals surface area contributed by atoms with Gasteiger partial charge in [0.05, 0.1) is 6.54 Å². The number of fused-ring (bicyclic) bond motifs is 2. The second kappa shape index (κ2) is 6.71. The van der Waals surface area contributed by atoms with Gasteiger partial charge in [0.25, 0.3) is 0 Å². The summed E-state index contributed by atoms with van der Waals surface area (Å²) < 4.78 is 2.17. The molecule has 0 unspecified atom stereocenters. The van der Waals surface area contributed by atoms with Crippen molar-refractivity contribution in [3.63, 3.8) is 0 Å². The molecule has 1 aromatic heterocycles. The van der Waals surface area contributed by atoms with Gasteiger partial charge in [-0.3, -0.25) is 9.80 Å². The number of rotatable bonds is 3. The molecule has 27 heavy (non-hydrogen) atoms. The van der Waals surface area contributed by atoms with Crippen LogP contribution in [0.5, 0.6) is 0 Å². The van der Waals surface area contributed by atoms with Crippen molar-refractivity contribution in [2.24, 2.45) is 0 Å². The number of benzene rings is 1. The largest absolute Gasteiger partial charge is 0.315 e. The van der Waals surface area contributed by atoms with Crippen LogP contribution >= 0.6 is 0 Å². The van der Waals surface area contributed by atoms with E-state index < -0.39 is 0 Å². The Balaban J connectivity index is 1.50. The molecule has 0 radical (unpaired) electrons. The molecule has 0 amide bonds. The van der Waals surface area contributed by atoms with Crippen LogP contribution in [-0.4, -0.2) is 48.7 Å². The lowest BCUT2D eigenvalue weighted by Gasteiger charge is -2.41. The third-order valence-corrected chi connectivity index (χ3v) is 6.36. The van der Waals surface area contributed by atoms with E-state index in [-0.39, 0.29) is 11.1 Å². The summed E-state index contributed by atoms with van der Waals surface area (Å²) in [7, 11) is 0. The maximum atomic E-state index is 4.28. The molecular weight excluding hydrogens is 334 g/mol. The van der Waals surface area contributed by atoms with Crippen LogP contribution < -0.4 is 0 Å². The van der Waals surface area contributed by atoms with Crippen molar-refractivity contribution in [2.75, 3.05) is 13.1 Å². The van der Waals surface area contributed by atoms with Gasteiger partial charge < -0.3 is 4.57 Å². The van der Waals surface area contributed by atoms with E-state index >= 15 is 0 Å². The molecule has 0 spiro atoms. The molecule has 0 aliphatic carbocycles. The summed E-state index contributed by atoms with van der Waals surface area (Å²) in [6.07, 6.45) is 4.08. The van der Waals surface area contributed by atoms with Gasteiger partial charge in [-0.1, -0.05) is 18.2 Å². The van der Waals surface area contributed by atoms with E-state index in [1.807, 2.05) is 6.33 Å². The van der Waals surface area contributed by atoms with Crippen molar-refractivity contribution in [1.82, 2.24) is 24.6 Å². The summed E-state index contributed by atoms with van der Waals surface area (Å²) >= 11 is 0. The maximum Gasteiger partial charge on any atom is 0.147 e. The first-order valence-electron chi connectivity index (χ1n) is 10.2. The third kappa shape index (κ3) is 3.81. The average Bonchev–Trinajstić information content (AvgIpc) is 3.07. The van der Waals surface area contributed by atoms with E-state index in [0.717, 1.165) is 51.4 Å². The molecule has 0 saturated carbocycles. The fourth-order valence-electron chi connectivity index (χ4n) is 4.49. The van der Waals surface area contributed by atoms with Gasteiger partial charge in [-0.05, 0) is 64.2 Å². The highest BCUT2D eigenvalue weighted by molar-refractivity contribution is 5.35. The molecule has 5 nitrogen and oxygen atoms in total. The van der Waals surface area contributed by atoms with E-state index in [1.54, 1.807) is 0 Å². The molecule has 4 rings (SSSR count). The summed E-state index contributed by atoms with van der Waals surface area (Å²) in [5.41, 5.74) is 4.83. The molecule has 0 atom stereocenters. The second-order valence-electron chi connectivity index (χ2n) is 9.80. The Morgan fingerprint density at radius 3 is 2.52 bits per heavy atom. The molecule has 1 aromatic carbocycles. The molecule has 0 N–H and O–H groups in total. The lowest BCUT2D eigenvalue weighted by Crippen LogP contribution is -2.49. The lowest BCUT2D eigenvalue weighted by atomic mass is 9.88. The number of hydrogen-bond acceptors (Lipinski definition) is 4. The zero-order valence-corrected chi connectivity index (χ0v) is 17.5. The minimum absolute atomic E-state index is 0.101. The summed E-state index contributed by atoms with van der Waals surface area (Å²) in [5.74, 6) is 1.08. The molecular formula is C22H33N5. The van der Waals surface area contributed by atoms with E-state index in [0.29, 0.717) is 0 Å². The fourth-order valence-corrected chi connectivity index (χ4v) is 4.49. The summed E-state index contributed by atoms with van der Waals surface area (Å²) in [4.78, 5) is 5.15. The number of aromatic nitrogens is 3. The van der Waals surface area contributed by atoms with Crippen LogP contribution in [0, 0.1) is 0 Å². The first-order valence-corrected chi connectivity index (χ1v) is 10.2. The fraction of sp³-hybridized carbons (Fsp3) is 0.636.